The van der Waals surface area contributed by atoms with E-state index in [9.17, 15) is 14.9 Å². The van der Waals surface area contributed by atoms with E-state index in [4.69, 9.17) is 0 Å². The van der Waals surface area contributed by atoms with Crippen molar-refractivity contribution < 1.29 is 9.72 Å². The lowest BCUT2D eigenvalue weighted by molar-refractivity contribution is -0.384. The third-order valence-electron chi connectivity index (χ3n) is 4.46. The molecule has 0 fully saturated rings. The number of thioether (sulfide) groups is 1. The van der Waals surface area contributed by atoms with E-state index in [1.165, 1.54) is 23.9 Å². The fraction of sp³-hybridized carbons (Fsp3) is 0.238. The van der Waals surface area contributed by atoms with Gasteiger partial charge in [0.05, 0.1) is 22.6 Å². The molecule has 1 aromatic carbocycles. The van der Waals surface area contributed by atoms with Crippen LogP contribution in [0.15, 0.2) is 46.7 Å². The molecule has 3 aromatic rings. The molecule has 0 aliphatic rings. The fourth-order valence-corrected chi connectivity index (χ4v) is 3.90. The lowest BCUT2D eigenvalue weighted by Crippen LogP contribution is -2.19. The third kappa shape index (κ3) is 5.54. The summed E-state index contributed by atoms with van der Waals surface area (Å²) in [6.07, 6.45) is 1.56. The summed E-state index contributed by atoms with van der Waals surface area (Å²) < 4.78 is 1.91. The van der Waals surface area contributed by atoms with E-state index in [-0.39, 0.29) is 17.3 Å². The van der Waals surface area contributed by atoms with Crippen LogP contribution in [0.5, 0.6) is 0 Å². The predicted molar refractivity (Wildman–Crippen MR) is 120 cm³/mol. The maximum atomic E-state index is 12.1. The molecule has 0 saturated heterocycles. The van der Waals surface area contributed by atoms with Gasteiger partial charge in [-0.2, -0.15) is 5.10 Å². The molecule has 0 atom stereocenters. The molecule has 2 aromatic heterocycles. The minimum atomic E-state index is -0.420. The van der Waals surface area contributed by atoms with Gasteiger partial charge < -0.3 is 4.57 Å². The van der Waals surface area contributed by atoms with Gasteiger partial charge in [0.2, 0.25) is 0 Å². The molecule has 0 aliphatic carbocycles. The molecular weight excluding hydrogens is 416 g/mol. The number of benzene rings is 1. The summed E-state index contributed by atoms with van der Waals surface area (Å²) in [6.45, 7) is 7.56. The second-order valence-corrected chi connectivity index (χ2v) is 7.90. The molecular formula is C21H22N6O3S. The first-order valence-electron chi connectivity index (χ1n) is 9.45. The van der Waals surface area contributed by atoms with Crippen LogP contribution in [0, 0.1) is 37.8 Å². The Morgan fingerprint density at radius 1 is 1.19 bits per heavy atom. The largest absolute Gasteiger partial charge is 0.318 e. The van der Waals surface area contributed by atoms with Crippen LogP contribution in [-0.2, 0) is 4.79 Å². The van der Waals surface area contributed by atoms with Gasteiger partial charge in [-0.25, -0.2) is 15.4 Å². The monoisotopic (exact) mass is 438 g/mol. The maximum Gasteiger partial charge on any atom is 0.271 e. The molecule has 1 N–H and O–H groups in total. The predicted octanol–water partition coefficient (Wildman–Crippen LogP) is 3.65. The highest BCUT2D eigenvalue weighted by atomic mass is 32.2. The molecule has 160 valence electrons. The fourth-order valence-electron chi connectivity index (χ4n) is 3.16. The van der Waals surface area contributed by atoms with Crippen molar-refractivity contribution in [2.75, 3.05) is 5.75 Å². The molecule has 0 spiro atoms. The normalized spacial score (nSPS) is 11.1. The maximum absolute atomic E-state index is 12.1. The number of nitrogens with one attached hydrogen (secondary N) is 1. The minimum absolute atomic E-state index is 0.0257. The standard InChI is InChI=1S/C21H22N6O3S/c1-13-8-14(2)24-21(23-13)31-12-20(28)25-22-11-17-9-15(3)26(16(17)4)18-6-5-7-19(10-18)27(29)30/h5-11H,12H2,1-4H3,(H,25,28)/b22-11-. The molecule has 0 radical (unpaired) electrons. The van der Waals surface area contributed by atoms with Crippen molar-refractivity contribution in [3.8, 4) is 5.69 Å². The van der Waals surface area contributed by atoms with Crippen molar-refractivity contribution in [2.24, 2.45) is 5.10 Å². The Bertz CT molecular complexity index is 1150. The van der Waals surface area contributed by atoms with Crippen molar-refractivity contribution >= 4 is 29.6 Å². The van der Waals surface area contributed by atoms with Crippen LogP contribution >= 0.6 is 11.8 Å². The topological polar surface area (TPSA) is 115 Å². The van der Waals surface area contributed by atoms with Crippen LogP contribution in [0.3, 0.4) is 0 Å². The van der Waals surface area contributed by atoms with Gasteiger partial charge in [0.25, 0.3) is 11.6 Å². The summed E-state index contributed by atoms with van der Waals surface area (Å²) in [7, 11) is 0. The summed E-state index contributed by atoms with van der Waals surface area (Å²) in [6, 6.07) is 10.2. The zero-order valence-corrected chi connectivity index (χ0v) is 18.4. The van der Waals surface area contributed by atoms with Gasteiger partial charge in [0, 0.05) is 40.5 Å². The quantitative estimate of drug-likeness (QED) is 0.198. The highest BCUT2D eigenvalue weighted by Crippen LogP contribution is 2.23. The van der Waals surface area contributed by atoms with E-state index < -0.39 is 4.92 Å². The number of hydrogen-bond donors (Lipinski definition) is 1. The number of hydrogen-bond acceptors (Lipinski definition) is 7. The number of nitrogens with zero attached hydrogens (tertiary/aromatic N) is 5. The molecule has 0 aliphatic heterocycles. The van der Waals surface area contributed by atoms with E-state index in [0.29, 0.717) is 10.8 Å². The summed E-state index contributed by atoms with van der Waals surface area (Å²) in [4.78, 5) is 31.3. The molecule has 31 heavy (non-hydrogen) atoms. The number of carbonyl (C=O) groups is 1. The van der Waals surface area contributed by atoms with Crippen LogP contribution in [0.2, 0.25) is 0 Å². The number of aryl methyl sites for hydroxylation is 3. The Morgan fingerprint density at radius 2 is 1.90 bits per heavy atom. The van der Waals surface area contributed by atoms with Crippen LogP contribution in [0.4, 0.5) is 5.69 Å². The first-order valence-corrected chi connectivity index (χ1v) is 10.4. The number of rotatable bonds is 7. The lowest BCUT2D eigenvalue weighted by Gasteiger charge is -2.09. The Labute approximate surface area is 183 Å². The highest BCUT2D eigenvalue weighted by Gasteiger charge is 2.13. The smallest absolute Gasteiger partial charge is 0.271 e. The summed E-state index contributed by atoms with van der Waals surface area (Å²) in [5.41, 5.74) is 7.49. The van der Waals surface area contributed by atoms with Gasteiger partial charge in [-0.3, -0.25) is 14.9 Å². The number of amides is 1. The SMILES string of the molecule is Cc1cc(C)nc(SCC(=O)N/N=C\c2cc(C)n(-c3cccc([N+](=O)[O-])c3)c2C)n1. The molecule has 0 saturated carbocycles. The van der Waals surface area contributed by atoms with E-state index in [0.717, 1.165) is 28.3 Å². The summed E-state index contributed by atoms with van der Waals surface area (Å²) in [5.74, 6) is -0.121. The number of non-ortho nitro benzene ring substituents is 1. The van der Waals surface area contributed by atoms with Crippen molar-refractivity contribution in [1.82, 2.24) is 20.0 Å². The van der Waals surface area contributed by atoms with Crippen LogP contribution < -0.4 is 5.43 Å². The molecule has 3 rings (SSSR count). The average molecular weight is 439 g/mol. The van der Waals surface area contributed by atoms with Crippen LogP contribution in [0.1, 0.15) is 28.3 Å². The van der Waals surface area contributed by atoms with E-state index in [2.05, 4.69) is 20.5 Å². The molecule has 1 amide bonds. The van der Waals surface area contributed by atoms with Gasteiger partial charge >= 0.3 is 0 Å². The van der Waals surface area contributed by atoms with Crippen molar-refractivity contribution in [3.63, 3.8) is 0 Å². The average Bonchev–Trinajstić information content (AvgIpc) is 2.99. The van der Waals surface area contributed by atoms with Crippen molar-refractivity contribution in [1.29, 1.82) is 0 Å². The third-order valence-corrected chi connectivity index (χ3v) is 5.30. The Morgan fingerprint density at radius 3 is 2.58 bits per heavy atom. The highest BCUT2D eigenvalue weighted by molar-refractivity contribution is 7.99. The molecule has 0 unspecified atom stereocenters. The minimum Gasteiger partial charge on any atom is -0.318 e. The van der Waals surface area contributed by atoms with E-state index in [1.54, 1.807) is 12.3 Å². The van der Waals surface area contributed by atoms with Crippen LogP contribution in [0.25, 0.3) is 5.69 Å². The van der Waals surface area contributed by atoms with E-state index in [1.807, 2.05) is 50.5 Å². The number of aromatic nitrogens is 3. The van der Waals surface area contributed by atoms with Gasteiger partial charge in [0.1, 0.15) is 0 Å². The zero-order valence-electron chi connectivity index (χ0n) is 17.6. The van der Waals surface area contributed by atoms with Crippen LogP contribution in [-0.4, -0.2) is 37.3 Å². The Kier molecular flexibility index (Phi) is 6.81. The van der Waals surface area contributed by atoms with Gasteiger partial charge in [-0.15, -0.1) is 0 Å². The first-order chi connectivity index (χ1) is 14.7. The number of carbonyl (C=O) groups excluding carboxylic acids is 1. The Hall–Kier alpha value is -3.53. The summed E-state index contributed by atoms with van der Waals surface area (Å²) >= 11 is 1.25. The van der Waals surface area contributed by atoms with E-state index >= 15 is 0 Å². The lowest BCUT2D eigenvalue weighted by atomic mass is 10.2. The molecule has 9 nitrogen and oxygen atoms in total. The van der Waals surface area contributed by atoms with Gasteiger partial charge in [0.15, 0.2) is 5.16 Å². The Balaban J connectivity index is 1.66. The number of nitro groups is 1. The first kappa shape index (κ1) is 22.2. The second kappa shape index (κ2) is 9.52. The zero-order chi connectivity index (χ0) is 22.5. The van der Waals surface area contributed by atoms with Crippen molar-refractivity contribution in [2.45, 2.75) is 32.9 Å². The van der Waals surface area contributed by atoms with Gasteiger partial charge in [-0.05, 0) is 45.9 Å². The van der Waals surface area contributed by atoms with Crippen molar-refractivity contribution in [3.05, 3.63) is 74.9 Å². The number of hydrazone groups is 1. The number of nitro benzene ring substituents is 1. The summed E-state index contributed by atoms with van der Waals surface area (Å²) in [5, 5.41) is 15.7. The second-order valence-electron chi connectivity index (χ2n) is 6.95. The molecule has 2 heterocycles. The molecule has 10 heteroatoms. The molecule has 0 bridgehead atoms. The van der Waals surface area contributed by atoms with Gasteiger partial charge in [-0.1, -0.05) is 17.8 Å².